The van der Waals surface area contributed by atoms with Crippen molar-refractivity contribution < 1.29 is 4.79 Å². The van der Waals surface area contributed by atoms with Gasteiger partial charge in [0.1, 0.15) is 11.1 Å². The normalized spacial score (nSPS) is 14.6. The summed E-state index contributed by atoms with van der Waals surface area (Å²) in [5.74, 6) is 0.266. The third-order valence-corrected chi connectivity index (χ3v) is 7.06. The zero-order valence-corrected chi connectivity index (χ0v) is 23.9. The second-order valence-electron chi connectivity index (χ2n) is 10.1. The molecule has 1 aromatic carbocycles. The summed E-state index contributed by atoms with van der Waals surface area (Å²) in [6.45, 7) is 18.8. The van der Waals surface area contributed by atoms with Crippen LogP contribution in [0, 0.1) is 17.2 Å². The van der Waals surface area contributed by atoms with Crippen LogP contribution in [0.1, 0.15) is 55.9 Å². The Labute approximate surface area is 232 Å². The van der Waals surface area contributed by atoms with Gasteiger partial charge in [0.25, 0.3) is 5.91 Å². The van der Waals surface area contributed by atoms with E-state index in [9.17, 15) is 10.1 Å². The Morgan fingerprint density at radius 1 is 1.13 bits per heavy atom. The van der Waals surface area contributed by atoms with E-state index in [0.29, 0.717) is 17.9 Å². The fourth-order valence-electron chi connectivity index (χ4n) is 4.59. The molecule has 206 valence electrons. The van der Waals surface area contributed by atoms with Crippen LogP contribution in [0.4, 0.5) is 5.82 Å². The minimum atomic E-state index is -0.260. The van der Waals surface area contributed by atoms with E-state index in [4.69, 9.17) is 11.6 Å². The molecular formula is C28H41ClN8O. The number of benzene rings is 1. The molecule has 2 heterocycles. The van der Waals surface area contributed by atoms with Gasteiger partial charge in [-0.25, -0.2) is 4.98 Å². The Kier molecular flexibility index (Phi) is 11.7. The van der Waals surface area contributed by atoms with Crippen molar-refractivity contribution in [1.82, 2.24) is 30.1 Å². The Balaban J connectivity index is 1.52. The lowest BCUT2D eigenvalue weighted by Crippen LogP contribution is -2.46. The second kappa shape index (κ2) is 15.0. The van der Waals surface area contributed by atoms with Crippen LogP contribution < -0.4 is 10.4 Å². The molecule has 9 nitrogen and oxygen atoms in total. The first kappa shape index (κ1) is 29.8. The summed E-state index contributed by atoms with van der Waals surface area (Å²) in [5.41, 5.74) is 4.64. The lowest BCUT2D eigenvalue weighted by molar-refractivity contribution is 0.0947. The fraction of sp³-hybridized carbons (Fsp3) is 0.571. The number of rotatable bonds is 13. The predicted molar refractivity (Wildman–Crippen MR) is 152 cm³/mol. The van der Waals surface area contributed by atoms with Crippen molar-refractivity contribution in [2.24, 2.45) is 5.92 Å². The molecule has 0 radical (unpaired) electrons. The number of nitrogens with one attached hydrogen (secondary N) is 1. The van der Waals surface area contributed by atoms with E-state index in [2.05, 4.69) is 43.9 Å². The summed E-state index contributed by atoms with van der Waals surface area (Å²) in [5, 5.41) is 11.0. The largest absolute Gasteiger partial charge is 0.304 e. The van der Waals surface area contributed by atoms with Gasteiger partial charge in [-0.05, 0) is 56.2 Å². The molecule has 1 aliphatic heterocycles. The minimum absolute atomic E-state index is 0.00257. The summed E-state index contributed by atoms with van der Waals surface area (Å²) in [6, 6.07) is 9.66. The van der Waals surface area contributed by atoms with Crippen LogP contribution in [0.25, 0.3) is 0 Å². The number of nitriles is 1. The summed E-state index contributed by atoms with van der Waals surface area (Å²) in [4.78, 5) is 28.7. The lowest BCUT2D eigenvalue weighted by Gasteiger charge is -2.35. The molecule has 1 fully saturated rings. The number of carbonyl (C=O) groups is 1. The molecule has 0 unspecified atom stereocenters. The number of halogens is 1. The van der Waals surface area contributed by atoms with Crippen LogP contribution in [-0.2, 0) is 6.54 Å². The fourth-order valence-corrected chi connectivity index (χ4v) is 4.78. The van der Waals surface area contributed by atoms with E-state index < -0.39 is 0 Å². The second-order valence-corrected chi connectivity index (χ2v) is 10.5. The quantitative estimate of drug-likeness (QED) is 0.385. The Hall–Kier alpha value is -2.77. The summed E-state index contributed by atoms with van der Waals surface area (Å²) < 4.78 is 0. The van der Waals surface area contributed by atoms with Crippen LogP contribution in [0.2, 0.25) is 5.02 Å². The van der Waals surface area contributed by atoms with Gasteiger partial charge in [-0.15, -0.1) is 0 Å². The van der Waals surface area contributed by atoms with Gasteiger partial charge >= 0.3 is 0 Å². The number of nitrogens with zero attached hydrogens (tertiary/aromatic N) is 7. The molecule has 10 heteroatoms. The van der Waals surface area contributed by atoms with Crippen LogP contribution in [-0.4, -0.2) is 89.5 Å². The SMILES string of the molecule is CCN(CC)CCCN1CCN(Cc2ccc(C(=O)NN(CC(C)C)c3nc(C#N)ncc3Cl)cc2)CC1. The van der Waals surface area contributed by atoms with E-state index in [1.165, 1.54) is 31.3 Å². The minimum Gasteiger partial charge on any atom is -0.304 e. The highest BCUT2D eigenvalue weighted by molar-refractivity contribution is 6.32. The molecule has 38 heavy (non-hydrogen) atoms. The molecule has 1 aliphatic rings. The molecule has 1 saturated heterocycles. The Bertz CT molecular complexity index is 1060. The predicted octanol–water partition coefficient (Wildman–Crippen LogP) is 3.66. The van der Waals surface area contributed by atoms with Crippen molar-refractivity contribution in [2.45, 2.75) is 40.7 Å². The van der Waals surface area contributed by atoms with Gasteiger partial charge in [-0.1, -0.05) is 51.4 Å². The van der Waals surface area contributed by atoms with E-state index in [1.807, 2.05) is 44.2 Å². The van der Waals surface area contributed by atoms with Crippen molar-refractivity contribution in [3.05, 3.63) is 52.4 Å². The molecule has 0 aliphatic carbocycles. The van der Waals surface area contributed by atoms with Crippen molar-refractivity contribution in [3.63, 3.8) is 0 Å². The average Bonchev–Trinajstić information content (AvgIpc) is 2.92. The van der Waals surface area contributed by atoms with Crippen LogP contribution in [0.3, 0.4) is 0 Å². The summed E-state index contributed by atoms with van der Waals surface area (Å²) in [7, 11) is 0. The number of hydrogen-bond acceptors (Lipinski definition) is 8. The molecule has 3 rings (SSSR count). The maximum Gasteiger partial charge on any atom is 0.269 e. The van der Waals surface area contributed by atoms with Crippen molar-refractivity contribution in [2.75, 3.05) is 63.9 Å². The van der Waals surface area contributed by atoms with Crippen LogP contribution in [0.5, 0.6) is 0 Å². The maximum absolute atomic E-state index is 13.1. The highest BCUT2D eigenvalue weighted by atomic mass is 35.5. The number of carbonyl (C=O) groups excluding carboxylic acids is 1. The van der Waals surface area contributed by atoms with Crippen molar-refractivity contribution in [1.29, 1.82) is 5.26 Å². The number of aromatic nitrogens is 2. The van der Waals surface area contributed by atoms with Gasteiger partial charge in [-0.3, -0.25) is 20.1 Å². The monoisotopic (exact) mass is 540 g/mol. The summed E-state index contributed by atoms with van der Waals surface area (Å²) >= 11 is 6.30. The van der Waals surface area contributed by atoms with Crippen molar-refractivity contribution in [3.8, 4) is 6.07 Å². The van der Waals surface area contributed by atoms with Crippen molar-refractivity contribution >= 4 is 23.3 Å². The molecule has 0 bridgehead atoms. The Morgan fingerprint density at radius 3 is 2.39 bits per heavy atom. The zero-order valence-electron chi connectivity index (χ0n) is 23.2. The number of amides is 1. The first-order valence-electron chi connectivity index (χ1n) is 13.6. The molecule has 0 atom stereocenters. The first-order valence-corrected chi connectivity index (χ1v) is 14.0. The lowest BCUT2D eigenvalue weighted by atomic mass is 10.1. The third kappa shape index (κ3) is 8.91. The molecule has 1 amide bonds. The molecule has 2 aromatic rings. The van der Waals surface area contributed by atoms with E-state index in [0.717, 1.165) is 45.8 Å². The van der Waals surface area contributed by atoms with Gasteiger partial charge in [0.15, 0.2) is 5.82 Å². The molecular weight excluding hydrogens is 500 g/mol. The smallest absolute Gasteiger partial charge is 0.269 e. The molecule has 1 aromatic heterocycles. The zero-order chi connectivity index (χ0) is 27.5. The third-order valence-electron chi connectivity index (χ3n) is 6.80. The maximum atomic E-state index is 13.1. The Morgan fingerprint density at radius 2 is 1.79 bits per heavy atom. The van der Waals surface area contributed by atoms with E-state index in [-0.39, 0.29) is 22.7 Å². The average molecular weight is 541 g/mol. The molecule has 0 saturated carbocycles. The van der Waals surface area contributed by atoms with Gasteiger partial charge in [-0.2, -0.15) is 10.2 Å². The number of piperazine rings is 1. The van der Waals surface area contributed by atoms with Gasteiger partial charge in [0.05, 0.1) is 6.20 Å². The topological polar surface area (TPSA) is 91.6 Å². The number of hydrogen-bond donors (Lipinski definition) is 1. The highest BCUT2D eigenvalue weighted by Crippen LogP contribution is 2.22. The van der Waals surface area contributed by atoms with Crippen LogP contribution in [0.15, 0.2) is 30.5 Å². The number of anilines is 1. The highest BCUT2D eigenvalue weighted by Gasteiger charge is 2.20. The van der Waals surface area contributed by atoms with Gasteiger partial charge in [0, 0.05) is 44.8 Å². The summed E-state index contributed by atoms with van der Waals surface area (Å²) in [6.07, 6.45) is 2.60. The van der Waals surface area contributed by atoms with E-state index in [1.54, 1.807) is 5.01 Å². The first-order chi connectivity index (χ1) is 18.3. The van der Waals surface area contributed by atoms with Gasteiger partial charge in [0.2, 0.25) is 5.82 Å². The molecule has 0 spiro atoms. The standard InChI is InChI=1S/C28H41ClN8O/c1-5-34(6-2)12-7-13-35-14-16-36(17-15-35)21-23-8-10-24(11-9-23)28(38)33-37(20-22(3)4)27-25(29)19-31-26(18-30)32-27/h8-11,19,22H,5-7,12-17,20-21H2,1-4H3,(H,33,38). The molecule has 1 N–H and O–H groups in total. The van der Waals surface area contributed by atoms with Gasteiger partial charge < -0.3 is 9.80 Å². The van der Waals surface area contributed by atoms with E-state index >= 15 is 0 Å². The van der Waals surface area contributed by atoms with Crippen LogP contribution >= 0.6 is 11.6 Å². The number of hydrazine groups is 1.